The predicted molar refractivity (Wildman–Crippen MR) is 112 cm³/mol. The van der Waals surface area contributed by atoms with E-state index in [2.05, 4.69) is 0 Å². The third-order valence-corrected chi connectivity index (χ3v) is 6.16. The minimum atomic E-state index is -0.265. The maximum absolute atomic E-state index is 13.3. The van der Waals surface area contributed by atoms with Crippen molar-refractivity contribution < 1.29 is 18.7 Å². The third-order valence-electron chi connectivity index (χ3n) is 6.16. The summed E-state index contributed by atoms with van der Waals surface area (Å²) < 4.78 is 19.3. The number of carbonyl (C=O) groups is 2. The average Bonchev–Trinajstić information content (AvgIpc) is 2.92. The van der Waals surface area contributed by atoms with Crippen molar-refractivity contribution in [1.29, 1.82) is 0 Å². The molecule has 2 amide bonds. The summed E-state index contributed by atoms with van der Waals surface area (Å²) in [6, 6.07) is 12.3. The molecule has 0 unspecified atom stereocenters. The smallest absolute Gasteiger partial charge is 0.226 e. The Balaban J connectivity index is 1.54. The Morgan fingerprint density at radius 2 is 1.70 bits per heavy atom. The van der Waals surface area contributed by atoms with E-state index in [0.29, 0.717) is 39.1 Å². The quantitative estimate of drug-likeness (QED) is 0.755. The molecule has 0 aromatic heterocycles. The standard InChI is InChI=1S/C24H27FN2O3/c1-16-15-30-23-8-5-20(18-3-6-22(25)7-4-18)13-21(23)14-27(16)24(29)19-9-11-26(12-10-19)17(2)28/h3-8,13,16,19H,9-12,14-15H2,1-2H3/t16-/m0/s1. The number of fused-ring (bicyclic) bond motifs is 1. The Morgan fingerprint density at radius 1 is 1.03 bits per heavy atom. The second-order valence-electron chi connectivity index (χ2n) is 8.24. The first kappa shape index (κ1) is 20.4. The molecule has 5 nitrogen and oxygen atoms in total. The monoisotopic (exact) mass is 410 g/mol. The number of hydrogen-bond acceptors (Lipinski definition) is 3. The van der Waals surface area contributed by atoms with Crippen molar-refractivity contribution in [3.63, 3.8) is 0 Å². The van der Waals surface area contributed by atoms with E-state index in [0.717, 1.165) is 22.4 Å². The molecule has 4 rings (SSSR count). The summed E-state index contributed by atoms with van der Waals surface area (Å²) in [6.45, 7) is 5.78. The van der Waals surface area contributed by atoms with Crippen molar-refractivity contribution in [2.75, 3.05) is 19.7 Å². The lowest BCUT2D eigenvalue weighted by molar-refractivity contribution is -0.142. The number of nitrogens with zero attached hydrogens (tertiary/aromatic N) is 2. The maximum atomic E-state index is 13.3. The molecule has 2 aliphatic rings. The molecular weight excluding hydrogens is 383 g/mol. The second kappa shape index (κ2) is 8.46. The summed E-state index contributed by atoms with van der Waals surface area (Å²) in [5, 5.41) is 0. The molecule has 1 saturated heterocycles. The number of hydrogen-bond donors (Lipinski definition) is 0. The first-order valence-corrected chi connectivity index (χ1v) is 10.5. The molecule has 0 saturated carbocycles. The minimum Gasteiger partial charge on any atom is -0.491 e. The van der Waals surface area contributed by atoms with Crippen LogP contribution in [0.25, 0.3) is 11.1 Å². The van der Waals surface area contributed by atoms with Crippen LogP contribution in [0.1, 0.15) is 32.3 Å². The van der Waals surface area contributed by atoms with Gasteiger partial charge in [0.2, 0.25) is 11.8 Å². The van der Waals surface area contributed by atoms with Crippen LogP contribution in [-0.2, 0) is 16.1 Å². The highest BCUT2D eigenvalue weighted by molar-refractivity contribution is 5.80. The van der Waals surface area contributed by atoms with E-state index in [4.69, 9.17) is 4.74 Å². The van der Waals surface area contributed by atoms with Gasteiger partial charge in [-0.1, -0.05) is 18.2 Å². The van der Waals surface area contributed by atoms with E-state index >= 15 is 0 Å². The van der Waals surface area contributed by atoms with Crippen molar-refractivity contribution in [3.8, 4) is 16.9 Å². The van der Waals surface area contributed by atoms with Gasteiger partial charge in [0.15, 0.2) is 0 Å². The molecule has 2 aromatic carbocycles. The van der Waals surface area contributed by atoms with Crippen molar-refractivity contribution in [2.45, 2.75) is 39.3 Å². The van der Waals surface area contributed by atoms with Gasteiger partial charge >= 0.3 is 0 Å². The largest absolute Gasteiger partial charge is 0.491 e. The number of ether oxygens (including phenoxy) is 1. The molecule has 0 aliphatic carbocycles. The van der Waals surface area contributed by atoms with Crippen LogP contribution in [0.5, 0.6) is 5.75 Å². The molecule has 158 valence electrons. The fraction of sp³-hybridized carbons (Fsp3) is 0.417. The summed E-state index contributed by atoms with van der Waals surface area (Å²) in [7, 11) is 0. The highest BCUT2D eigenvalue weighted by Crippen LogP contribution is 2.32. The lowest BCUT2D eigenvalue weighted by Gasteiger charge is -2.35. The molecule has 0 bridgehead atoms. The van der Waals surface area contributed by atoms with Gasteiger partial charge in [-0.2, -0.15) is 0 Å². The maximum Gasteiger partial charge on any atom is 0.226 e. The summed E-state index contributed by atoms with van der Waals surface area (Å²) >= 11 is 0. The van der Waals surface area contributed by atoms with Gasteiger partial charge < -0.3 is 14.5 Å². The predicted octanol–water partition coefficient (Wildman–Crippen LogP) is 3.86. The molecule has 2 aromatic rings. The zero-order valence-electron chi connectivity index (χ0n) is 17.4. The van der Waals surface area contributed by atoms with Crippen LogP contribution in [0.3, 0.4) is 0 Å². The summed E-state index contributed by atoms with van der Waals surface area (Å²) in [4.78, 5) is 28.6. The van der Waals surface area contributed by atoms with Gasteiger partial charge in [0.1, 0.15) is 18.2 Å². The first-order valence-electron chi connectivity index (χ1n) is 10.5. The van der Waals surface area contributed by atoms with Crippen LogP contribution in [0.4, 0.5) is 4.39 Å². The van der Waals surface area contributed by atoms with Gasteiger partial charge in [-0.05, 0) is 55.2 Å². The highest BCUT2D eigenvalue weighted by atomic mass is 19.1. The molecular formula is C24H27FN2O3. The second-order valence-corrected chi connectivity index (χ2v) is 8.24. The van der Waals surface area contributed by atoms with Gasteiger partial charge in [0.05, 0.1) is 6.04 Å². The summed E-state index contributed by atoms with van der Waals surface area (Å²) in [5.74, 6) is 0.659. The van der Waals surface area contributed by atoms with Crippen molar-refractivity contribution in [1.82, 2.24) is 9.80 Å². The van der Waals surface area contributed by atoms with Gasteiger partial charge in [0, 0.05) is 38.0 Å². The number of likely N-dealkylation sites (tertiary alicyclic amines) is 1. The molecule has 0 radical (unpaired) electrons. The zero-order valence-corrected chi connectivity index (χ0v) is 17.4. The van der Waals surface area contributed by atoms with E-state index in [-0.39, 0.29) is 29.6 Å². The van der Waals surface area contributed by atoms with Crippen LogP contribution in [0.2, 0.25) is 0 Å². The van der Waals surface area contributed by atoms with Crippen LogP contribution in [0.15, 0.2) is 42.5 Å². The van der Waals surface area contributed by atoms with E-state index in [9.17, 15) is 14.0 Å². The zero-order chi connectivity index (χ0) is 21.3. The van der Waals surface area contributed by atoms with E-state index < -0.39 is 0 Å². The van der Waals surface area contributed by atoms with Crippen molar-refractivity contribution >= 4 is 11.8 Å². The molecule has 1 atom stereocenters. The minimum absolute atomic E-state index is 0.0370. The number of rotatable bonds is 2. The fourth-order valence-corrected chi connectivity index (χ4v) is 4.28. The van der Waals surface area contributed by atoms with Crippen LogP contribution >= 0.6 is 0 Å². The van der Waals surface area contributed by atoms with Gasteiger partial charge in [-0.25, -0.2) is 4.39 Å². The number of benzene rings is 2. The Bertz CT molecular complexity index is 936. The van der Waals surface area contributed by atoms with E-state index in [1.807, 2.05) is 34.9 Å². The number of carbonyl (C=O) groups excluding carboxylic acids is 2. The average molecular weight is 410 g/mol. The Hall–Kier alpha value is -2.89. The van der Waals surface area contributed by atoms with Crippen LogP contribution < -0.4 is 4.74 Å². The number of amides is 2. The molecule has 30 heavy (non-hydrogen) atoms. The Labute approximate surface area is 176 Å². The molecule has 2 aliphatic heterocycles. The number of halogens is 1. The van der Waals surface area contributed by atoms with Crippen LogP contribution in [0, 0.1) is 11.7 Å². The van der Waals surface area contributed by atoms with Crippen molar-refractivity contribution in [2.24, 2.45) is 5.92 Å². The third kappa shape index (κ3) is 4.18. The lowest BCUT2D eigenvalue weighted by Crippen LogP contribution is -2.47. The molecule has 2 heterocycles. The SMILES string of the molecule is CC(=O)N1CCC(C(=O)N2Cc3cc(-c4ccc(F)cc4)ccc3OC[C@@H]2C)CC1. The van der Waals surface area contributed by atoms with Crippen molar-refractivity contribution in [3.05, 3.63) is 53.8 Å². The topological polar surface area (TPSA) is 49.9 Å². The van der Waals surface area contributed by atoms with E-state index in [1.165, 1.54) is 12.1 Å². The highest BCUT2D eigenvalue weighted by Gasteiger charge is 2.33. The first-order chi connectivity index (χ1) is 14.4. The molecule has 1 fully saturated rings. The summed E-state index contributed by atoms with van der Waals surface area (Å²) in [5.41, 5.74) is 2.84. The summed E-state index contributed by atoms with van der Waals surface area (Å²) in [6.07, 6.45) is 1.40. The van der Waals surface area contributed by atoms with Gasteiger partial charge in [0.25, 0.3) is 0 Å². The normalized spacial score (nSPS) is 19.6. The lowest BCUT2D eigenvalue weighted by atomic mass is 9.94. The van der Waals surface area contributed by atoms with Crippen LogP contribution in [-0.4, -0.2) is 47.4 Å². The number of piperidine rings is 1. The fourth-order valence-electron chi connectivity index (χ4n) is 4.28. The Morgan fingerprint density at radius 3 is 2.37 bits per heavy atom. The molecule has 0 spiro atoms. The molecule has 6 heteroatoms. The van der Waals surface area contributed by atoms with E-state index in [1.54, 1.807) is 19.1 Å². The Kier molecular flexibility index (Phi) is 5.75. The van der Waals surface area contributed by atoms with Gasteiger partial charge in [-0.3, -0.25) is 9.59 Å². The molecule has 0 N–H and O–H groups in total. The van der Waals surface area contributed by atoms with Gasteiger partial charge in [-0.15, -0.1) is 0 Å².